The number of nitrogens with zero attached hydrogens (tertiary/aromatic N) is 1. The maximum absolute atomic E-state index is 13.0. The van der Waals surface area contributed by atoms with Gasteiger partial charge in [0.2, 0.25) is 5.91 Å². The number of fused-ring (bicyclic) bond motifs is 1. The number of oxazole rings is 1. The zero-order valence-corrected chi connectivity index (χ0v) is 16.1. The van der Waals surface area contributed by atoms with Crippen LogP contribution in [0.4, 0.5) is 10.1 Å². The third-order valence-corrected chi connectivity index (χ3v) is 5.50. The van der Waals surface area contributed by atoms with Crippen LogP contribution in [0.1, 0.15) is 24.8 Å². The van der Waals surface area contributed by atoms with Gasteiger partial charge in [-0.2, -0.15) is 0 Å². The lowest BCUT2D eigenvalue weighted by atomic mass is 9.90. The number of benzene rings is 2. The number of piperidine rings is 1. The summed E-state index contributed by atoms with van der Waals surface area (Å²) >= 11 is 0. The molecule has 0 atom stereocenters. The van der Waals surface area contributed by atoms with Crippen LogP contribution >= 0.6 is 0 Å². The Morgan fingerprint density at radius 1 is 1.17 bits per heavy atom. The molecule has 0 bridgehead atoms. The van der Waals surface area contributed by atoms with E-state index in [4.69, 9.17) is 4.42 Å². The molecule has 152 valence electrons. The molecule has 1 saturated heterocycles. The Morgan fingerprint density at radius 2 is 1.93 bits per heavy atom. The standard InChI is InChI=1S/C22H24FN3O3/c23-17-3-1-15(2-4-17)13-16-7-10-26(11-8-16)12-9-21(27)24-18-5-6-19-20(14-18)29-22(28)25-19/h1-6,14,16H,7-13H2,(H,24,27)(H,25,28). The summed E-state index contributed by atoms with van der Waals surface area (Å²) in [5, 5.41) is 2.86. The zero-order valence-electron chi connectivity index (χ0n) is 16.1. The number of H-pyrrole nitrogens is 1. The molecule has 0 saturated carbocycles. The zero-order chi connectivity index (χ0) is 20.2. The molecule has 0 aliphatic carbocycles. The number of likely N-dealkylation sites (tertiary alicyclic amines) is 1. The van der Waals surface area contributed by atoms with E-state index in [0.717, 1.165) is 38.9 Å². The van der Waals surface area contributed by atoms with Crippen LogP contribution in [0.3, 0.4) is 0 Å². The molecule has 29 heavy (non-hydrogen) atoms. The second-order valence-corrected chi connectivity index (χ2v) is 7.64. The van der Waals surface area contributed by atoms with Crippen LogP contribution in [0.5, 0.6) is 0 Å². The number of carbonyl (C=O) groups is 1. The van der Waals surface area contributed by atoms with E-state index in [9.17, 15) is 14.0 Å². The first kappa shape index (κ1) is 19.4. The van der Waals surface area contributed by atoms with Crippen molar-refractivity contribution in [1.29, 1.82) is 0 Å². The highest BCUT2D eigenvalue weighted by Gasteiger charge is 2.20. The highest BCUT2D eigenvalue weighted by molar-refractivity contribution is 5.92. The third kappa shape index (κ3) is 5.12. The minimum atomic E-state index is -0.508. The molecule has 0 unspecified atom stereocenters. The Bertz CT molecular complexity index is 1030. The van der Waals surface area contributed by atoms with Crippen LogP contribution in [-0.4, -0.2) is 35.4 Å². The summed E-state index contributed by atoms with van der Waals surface area (Å²) in [6, 6.07) is 11.9. The molecule has 2 N–H and O–H groups in total. The predicted octanol–water partition coefficient (Wildman–Crippen LogP) is 3.54. The van der Waals surface area contributed by atoms with Crippen molar-refractivity contribution in [2.45, 2.75) is 25.7 Å². The van der Waals surface area contributed by atoms with Gasteiger partial charge in [-0.25, -0.2) is 9.18 Å². The molecule has 2 aromatic carbocycles. The number of hydrogen-bond donors (Lipinski definition) is 2. The number of halogens is 1. The predicted molar refractivity (Wildman–Crippen MR) is 109 cm³/mol. The summed E-state index contributed by atoms with van der Waals surface area (Å²) in [5.41, 5.74) is 2.83. The summed E-state index contributed by atoms with van der Waals surface area (Å²) in [4.78, 5) is 28.4. The molecule has 3 aromatic rings. The van der Waals surface area contributed by atoms with Gasteiger partial charge < -0.3 is 14.6 Å². The largest absolute Gasteiger partial charge is 0.417 e. The average Bonchev–Trinajstić information content (AvgIpc) is 3.08. The number of anilines is 1. The molecule has 2 heterocycles. The van der Waals surface area contributed by atoms with Crippen molar-refractivity contribution in [2.75, 3.05) is 25.0 Å². The molecular weight excluding hydrogens is 373 g/mol. The molecule has 1 aromatic heterocycles. The number of aromatic amines is 1. The van der Waals surface area contributed by atoms with Gasteiger partial charge in [0.15, 0.2) is 5.58 Å². The maximum Gasteiger partial charge on any atom is 0.417 e. The summed E-state index contributed by atoms with van der Waals surface area (Å²) in [6.45, 7) is 2.66. The quantitative estimate of drug-likeness (QED) is 0.667. The van der Waals surface area contributed by atoms with Crippen molar-refractivity contribution in [2.24, 2.45) is 5.92 Å². The Hall–Kier alpha value is -2.93. The highest BCUT2D eigenvalue weighted by Crippen LogP contribution is 2.22. The van der Waals surface area contributed by atoms with Crippen molar-refractivity contribution in [3.8, 4) is 0 Å². The van der Waals surface area contributed by atoms with E-state index < -0.39 is 5.76 Å². The molecule has 1 amide bonds. The fraction of sp³-hybridized carbons (Fsp3) is 0.364. The Morgan fingerprint density at radius 3 is 2.69 bits per heavy atom. The molecule has 1 aliphatic rings. The number of nitrogens with one attached hydrogen (secondary N) is 2. The van der Waals surface area contributed by atoms with Crippen molar-refractivity contribution in [3.05, 3.63) is 64.4 Å². The fourth-order valence-electron chi connectivity index (χ4n) is 3.87. The van der Waals surface area contributed by atoms with Crippen molar-refractivity contribution >= 4 is 22.7 Å². The van der Waals surface area contributed by atoms with Gasteiger partial charge in [0.1, 0.15) is 5.82 Å². The Labute approximate surface area is 167 Å². The van der Waals surface area contributed by atoms with Crippen molar-refractivity contribution < 1.29 is 13.6 Å². The van der Waals surface area contributed by atoms with E-state index in [0.29, 0.717) is 29.1 Å². The number of aromatic nitrogens is 1. The number of rotatable bonds is 6. The molecule has 1 aliphatic heterocycles. The number of carbonyl (C=O) groups excluding carboxylic acids is 1. The van der Waals surface area contributed by atoms with E-state index in [1.807, 2.05) is 12.1 Å². The van der Waals surface area contributed by atoms with Gasteiger partial charge in [0, 0.05) is 24.7 Å². The monoisotopic (exact) mass is 397 g/mol. The topological polar surface area (TPSA) is 78.3 Å². The van der Waals surface area contributed by atoms with Gasteiger partial charge in [0.05, 0.1) is 5.52 Å². The molecule has 0 radical (unpaired) electrons. The van der Waals surface area contributed by atoms with Crippen molar-refractivity contribution in [3.63, 3.8) is 0 Å². The number of hydrogen-bond acceptors (Lipinski definition) is 4. The van der Waals surface area contributed by atoms with Gasteiger partial charge in [-0.15, -0.1) is 0 Å². The summed E-state index contributed by atoms with van der Waals surface area (Å²) in [5.74, 6) is -0.158. The third-order valence-electron chi connectivity index (χ3n) is 5.50. The minimum absolute atomic E-state index is 0.0596. The second kappa shape index (κ2) is 8.61. The Kier molecular flexibility index (Phi) is 5.76. The maximum atomic E-state index is 13.0. The first-order valence-corrected chi connectivity index (χ1v) is 9.95. The van der Waals surface area contributed by atoms with Crippen molar-refractivity contribution in [1.82, 2.24) is 9.88 Å². The lowest BCUT2D eigenvalue weighted by Gasteiger charge is -2.31. The average molecular weight is 397 g/mol. The first-order valence-electron chi connectivity index (χ1n) is 9.95. The normalized spacial score (nSPS) is 15.6. The molecule has 1 fully saturated rings. The Balaban J connectivity index is 1.20. The smallest absolute Gasteiger partial charge is 0.408 e. The first-order chi connectivity index (χ1) is 14.0. The lowest BCUT2D eigenvalue weighted by Crippen LogP contribution is -2.36. The summed E-state index contributed by atoms with van der Waals surface area (Å²) in [7, 11) is 0. The van der Waals surface area contributed by atoms with E-state index in [2.05, 4.69) is 15.2 Å². The van der Waals surface area contributed by atoms with E-state index in [1.54, 1.807) is 18.2 Å². The fourth-order valence-corrected chi connectivity index (χ4v) is 3.87. The SMILES string of the molecule is O=C(CCN1CCC(Cc2ccc(F)cc2)CC1)Nc1ccc2[nH]c(=O)oc2c1. The lowest BCUT2D eigenvalue weighted by molar-refractivity contribution is -0.116. The van der Waals surface area contributed by atoms with Crippen LogP contribution in [0.25, 0.3) is 11.1 Å². The molecule has 7 heteroatoms. The molecule has 0 spiro atoms. The van der Waals surface area contributed by atoms with E-state index >= 15 is 0 Å². The van der Waals surface area contributed by atoms with Gasteiger partial charge in [0.25, 0.3) is 0 Å². The van der Waals surface area contributed by atoms with Crippen LogP contribution in [0.15, 0.2) is 51.7 Å². The number of amides is 1. The van der Waals surface area contributed by atoms with Gasteiger partial charge in [-0.3, -0.25) is 9.78 Å². The van der Waals surface area contributed by atoms with Crippen LogP contribution < -0.4 is 11.1 Å². The van der Waals surface area contributed by atoms with Gasteiger partial charge in [-0.05, 0) is 68.1 Å². The summed E-state index contributed by atoms with van der Waals surface area (Å²) < 4.78 is 18.0. The second-order valence-electron chi connectivity index (χ2n) is 7.64. The molecular formula is C22H24FN3O3. The van der Waals surface area contributed by atoms with E-state index in [1.165, 1.54) is 17.7 Å². The summed E-state index contributed by atoms with van der Waals surface area (Å²) in [6.07, 6.45) is 3.56. The van der Waals surface area contributed by atoms with E-state index in [-0.39, 0.29) is 11.7 Å². The van der Waals surface area contributed by atoms with Crippen LogP contribution in [-0.2, 0) is 11.2 Å². The van der Waals surface area contributed by atoms with Gasteiger partial charge >= 0.3 is 5.76 Å². The highest BCUT2D eigenvalue weighted by atomic mass is 19.1. The van der Waals surface area contributed by atoms with Crippen LogP contribution in [0, 0.1) is 11.7 Å². The molecule has 6 nitrogen and oxygen atoms in total. The molecule has 4 rings (SSSR count). The van der Waals surface area contributed by atoms with Gasteiger partial charge in [-0.1, -0.05) is 12.1 Å². The van der Waals surface area contributed by atoms with Crippen LogP contribution in [0.2, 0.25) is 0 Å². The minimum Gasteiger partial charge on any atom is -0.408 e.